The van der Waals surface area contributed by atoms with Gasteiger partial charge in [-0.25, -0.2) is 8.78 Å². The van der Waals surface area contributed by atoms with Crippen LogP contribution >= 0.6 is 0 Å². The first-order valence-corrected chi connectivity index (χ1v) is 7.01. The van der Waals surface area contributed by atoms with Gasteiger partial charge in [-0.05, 0) is 13.3 Å². The van der Waals surface area contributed by atoms with E-state index in [-0.39, 0.29) is 31.7 Å². The third-order valence-electron chi connectivity index (χ3n) is 4.05. The van der Waals surface area contributed by atoms with Crippen molar-refractivity contribution in [3.63, 3.8) is 0 Å². The molecule has 5 nitrogen and oxygen atoms in total. The van der Waals surface area contributed by atoms with E-state index in [2.05, 4.69) is 4.98 Å². The first kappa shape index (κ1) is 16.1. The summed E-state index contributed by atoms with van der Waals surface area (Å²) in [4.78, 5) is 17.8. The number of rotatable bonds is 3. The molecule has 0 radical (unpaired) electrons. The summed E-state index contributed by atoms with van der Waals surface area (Å²) in [5, 5.41) is 9.05. The quantitative estimate of drug-likeness (QED) is 0.859. The number of carbonyl (C=O) groups excluding carboxylic acids is 1. The van der Waals surface area contributed by atoms with Crippen molar-refractivity contribution in [2.75, 3.05) is 13.2 Å². The number of hydrogen-bond acceptors (Lipinski definition) is 4. The van der Waals surface area contributed by atoms with Crippen LogP contribution in [0.1, 0.15) is 31.4 Å². The van der Waals surface area contributed by atoms with Crippen molar-refractivity contribution in [1.29, 1.82) is 5.26 Å². The molecule has 1 aromatic heterocycles. The maximum absolute atomic E-state index is 13.3. The molecule has 7 heteroatoms. The van der Waals surface area contributed by atoms with E-state index in [1.54, 1.807) is 6.92 Å². The van der Waals surface area contributed by atoms with Crippen molar-refractivity contribution in [2.24, 2.45) is 5.41 Å². The summed E-state index contributed by atoms with van der Waals surface area (Å²) in [6.07, 6.45) is 0.181. The topological polar surface area (TPSA) is 66.2 Å². The van der Waals surface area contributed by atoms with Crippen LogP contribution in [0, 0.1) is 16.7 Å². The molecule has 0 spiro atoms. The summed E-state index contributed by atoms with van der Waals surface area (Å²) >= 11 is 0. The van der Waals surface area contributed by atoms with Gasteiger partial charge in [-0.1, -0.05) is 6.92 Å². The zero-order valence-corrected chi connectivity index (χ0v) is 12.5. The van der Waals surface area contributed by atoms with Gasteiger partial charge in [0.05, 0.1) is 13.1 Å². The fourth-order valence-corrected chi connectivity index (χ4v) is 2.33. The van der Waals surface area contributed by atoms with E-state index in [0.717, 1.165) is 0 Å². The Balaban J connectivity index is 2.32. The Labute approximate surface area is 127 Å². The molecule has 2 heterocycles. The van der Waals surface area contributed by atoms with Crippen LogP contribution in [0.4, 0.5) is 8.78 Å². The molecule has 0 aromatic carbocycles. The third-order valence-corrected chi connectivity index (χ3v) is 4.05. The standard InChI is InChI=1S/C15H17F2N3O2/c1-3-15(2,13(16)17)14(21)20-4-5-22-12-10(6-18)7-19-8-11(12)9-20/h7-8,13H,3-5,9H2,1-2H3/t15-/m0/s1. The van der Waals surface area contributed by atoms with Crippen LogP contribution in [0.3, 0.4) is 0 Å². The second kappa shape index (κ2) is 6.26. The van der Waals surface area contributed by atoms with Gasteiger partial charge >= 0.3 is 0 Å². The lowest BCUT2D eigenvalue weighted by atomic mass is 9.86. The number of nitrogens with zero attached hydrogens (tertiary/aromatic N) is 3. The lowest BCUT2D eigenvalue weighted by Gasteiger charge is -2.32. The molecule has 0 saturated carbocycles. The average Bonchev–Trinajstić information content (AvgIpc) is 2.74. The highest BCUT2D eigenvalue weighted by molar-refractivity contribution is 5.83. The molecule has 0 fully saturated rings. The molecule has 2 rings (SSSR count). The fourth-order valence-electron chi connectivity index (χ4n) is 2.33. The molecule has 0 aliphatic carbocycles. The zero-order valence-electron chi connectivity index (χ0n) is 12.5. The van der Waals surface area contributed by atoms with Crippen LogP contribution < -0.4 is 4.74 Å². The molecule has 1 atom stereocenters. The van der Waals surface area contributed by atoms with Gasteiger partial charge in [0.2, 0.25) is 5.91 Å². The number of ether oxygens (including phenoxy) is 1. The highest BCUT2D eigenvalue weighted by Gasteiger charge is 2.43. The highest BCUT2D eigenvalue weighted by atomic mass is 19.3. The Bertz CT molecular complexity index is 615. The molecule has 1 aliphatic heterocycles. The van der Waals surface area contributed by atoms with Gasteiger partial charge in [0.25, 0.3) is 6.43 Å². The first-order valence-electron chi connectivity index (χ1n) is 7.01. The number of pyridine rings is 1. The second-order valence-corrected chi connectivity index (χ2v) is 5.43. The fraction of sp³-hybridized carbons (Fsp3) is 0.533. The van der Waals surface area contributed by atoms with Crippen LogP contribution in [0.5, 0.6) is 5.75 Å². The summed E-state index contributed by atoms with van der Waals surface area (Å²) in [6, 6.07) is 1.98. The summed E-state index contributed by atoms with van der Waals surface area (Å²) in [5.41, 5.74) is -0.887. The predicted molar refractivity (Wildman–Crippen MR) is 74.3 cm³/mol. The van der Waals surface area contributed by atoms with Crippen molar-refractivity contribution in [2.45, 2.75) is 33.2 Å². The van der Waals surface area contributed by atoms with Crippen molar-refractivity contribution in [1.82, 2.24) is 9.88 Å². The van der Waals surface area contributed by atoms with E-state index < -0.39 is 17.7 Å². The molecule has 0 N–H and O–H groups in total. The van der Waals surface area contributed by atoms with E-state index >= 15 is 0 Å². The van der Waals surface area contributed by atoms with Gasteiger partial charge in [0.15, 0.2) is 0 Å². The van der Waals surface area contributed by atoms with Gasteiger partial charge in [-0.15, -0.1) is 0 Å². The summed E-state index contributed by atoms with van der Waals surface area (Å²) in [7, 11) is 0. The molecular weight excluding hydrogens is 292 g/mol. The molecule has 22 heavy (non-hydrogen) atoms. The minimum atomic E-state index is -2.74. The van der Waals surface area contributed by atoms with E-state index in [4.69, 9.17) is 10.00 Å². The van der Waals surface area contributed by atoms with E-state index in [0.29, 0.717) is 11.3 Å². The smallest absolute Gasteiger partial charge is 0.252 e. The van der Waals surface area contributed by atoms with E-state index in [9.17, 15) is 13.6 Å². The number of hydrogen-bond donors (Lipinski definition) is 0. The molecule has 118 valence electrons. The lowest BCUT2D eigenvalue weighted by Crippen LogP contribution is -2.46. The Kier molecular flexibility index (Phi) is 4.59. The SMILES string of the molecule is CC[C@](C)(C(=O)N1CCOc2c(C#N)cncc2C1)C(F)F. The van der Waals surface area contributed by atoms with Gasteiger partial charge in [0.1, 0.15) is 29.4 Å². The zero-order chi connectivity index (χ0) is 16.3. The number of halogens is 2. The molecule has 0 unspecified atom stereocenters. The Morgan fingerprint density at radius 1 is 1.59 bits per heavy atom. The monoisotopic (exact) mass is 309 g/mol. The number of amides is 1. The number of nitriles is 1. The maximum atomic E-state index is 13.3. The van der Waals surface area contributed by atoms with Crippen molar-refractivity contribution >= 4 is 5.91 Å². The minimum absolute atomic E-state index is 0.0458. The Morgan fingerprint density at radius 3 is 2.91 bits per heavy atom. The number of alkyl halides is 2. The largest absolute Gasteiger partial charge is 0.490 e. The minimum Gasteiger partial charge on any atom is -0.490 e. The predicted octanol–water partition coefficient (Wildman–Crippen LogP) is 2.36. The van der Waals surface area contributed by atoms with Crippen molar-refractivity contribution < 1.29 is 18.3 Å². The van der Waals surface area contributed by atoms with Crippen LogP contribution in [0.15, 0.2) is 12.4 Å². The average molecular weight is 309 g/mol. The van der Waals surface area contributed by atoms with Gasteiger partial charge < -0.3 is 9.64 Å². The Morgan fingerprint density at radius 2 is 2.32 bits per heavy atom. The third kappa shape index (κ3) is 2.73. The van der Waals surface area contributed by atoms with Crippen LogP contribution in [-0.4, -0.2) is 35.4 Å². The summed E-state index contributed by atoms with van der Waals surface area (Å²) < 4.78 is 32.1. The number of fused-ring (bicyclic) bond motifs is 1. The number of aromatic nitrogens is 1. The van der Waals surface area contributed by atoms with Gasteiger partial charge in [-0.3, -0.25) is 9.78 Å². The molecule has 1 aliphatic rings. The Hall–Kier alpha value is -2.23. The second-order valence-electron chi connectivity index (χ2n) is 5.43. The highest BCUT2D eigenvalue weighted by Crippen LogP contribution is 2.34. The lowest BCUT2D eigenvalue weighted by molar-refractivity contribution is -0.151. The summed E-state index contributed by atoms with van der Waals surface area (Å²) in [5.74, 6) is -0.230. The molecule has 0 bridgehead atoms. The van der Waals surface area contributed by atoms with Crippen molar-refractivity contribution in [3.05, 3.63) is 23.5 Å². The maximum Gasteiger partial charge on any atom is 0.252 e. The number of carbonyl (C=O) groups is 1. The summed E-state index contributed by atoms with van der Waals surface area (Å²) in [6.45, 7) is 3.30. The molecule has 1 amide bonds. The van der Waals surface area contributed by atoms with Crippen LogP contribution in [-0.2, 0) is 11.3 Å². The first-order chi connectivity index (χ1) is 10.4. The normalized spacial score (nSPS) is 17.0. The molecule has 0 saturated heterocycles. The van der Waals surface area contributed by atoms with Gasteiger partial charge in [-0.2, -0.15) is 5.26 Å². The van der Waals surface area contributed by atoms with Gasteiger partial charge in [0, 0.05) is 18.0 Å². The van der Waals surface area contributed by atoms with E-state index in [1.807, 2.05) is 6.07 Å². The van der Waals surface area contributed by atoms with Crippen LogP contribution in [0.25, 0.3) is 0 Å². The van der Waals surface area contributed by atoms with Crippen molar-refractivity contribution in [3.8, 4) is 11.8 Å². The molecule has 1 aromatic rings. The van der Waals surface area contributed by atoms with E-state index in [1.165, 1.54) is 24.2 Å². The molecular formula is C15H17F2N3O2. The van der Waals surface area contributed by atoms with Crippen LogP contribution in [0.2, 0.25) is 0 Å².